The van der Waals surface area contributed by atoms with E-state index in [1.807, 2.05) is 13.0 Å². The number of hydrogen-bond acceptors (Lipinski definition) is 4. The van der Waals surface area contributed by atoms with Crippen molar-refractivity contribution in [1.29, 1.82) is 0 Å². The van der Waals surface area contributed by atoms with Crippen LogP contribution in [-0.2, 0) is 0 Å². The summed E-state index contributed by atoms with van der Waals surface area (Å²) in [5.41, 5.74) is 3.85. The first-order valence-electron chi connectivity index (χ1n) is 9.67. The highest BCUT2D eigenvalue weighted by Crippen LogP contribution is 2.32. The molecule has 0 atom stereocenters. The highest BCUT2D eigenvalue weighted by Gasteiger charge is 2.36. The third-order valence-electron chi connectivity index (χ3n) is 5.39. The molecule has 2 heterocycles. The summed E-state index contributed by atoms with van der Waals surface area (Å²) < 4.78 is 0. The van der Waals surface area contributed by atoms with Crippen LogP contribution in [0, 0.1) is 6.92 Å². The Morgan fingerprint density at radius 3 is 2.26 bits per heavy atom. The molecule has 0 bridgehead atoms. The van der Waals surface area contributed by atoms with E-state index in [2.05, 4.69) is 4.98 Å². The molecule has 3 aromatic carbocycles. The maximum absolute atomic E-state index is 12.8. The predicted molar refractivity (Wildman–Crippen MR) is 116 cm³/mol. The average Bonchev–Trinajstić information content (AvgIpc) is 3.03. The number of imide groups is 1. The number of rotatable bonds is 3. The molecule has 4 aromatic rings. The van der Waals surface area contributed by atoms with Crippen LogP contribution in [0.15, 0.2) is 72.8 Å². The topological polar surface area (TPSA) is 87.6 Å². The number of carboxylic acid groups (broad SMARTS) is 1. The monoisotopic (exact) mass is 408 g/mol. The van der Waals surface area contributed by atoms with Crippen molar-refractivity contribution in [2.24, 2.45) is 0 Å². The molecule has 5 rings (SSSR count). The molecule has 0 aliphatic carbocycles. The van der Waals surface area contributed by atoms with Gasteiger partial charge in [-0.1, -0.05) is 35.9 Å². The Balaban J connectivity index is 1.63. The number of anilines is 1. The number of hydrogen-bond donors (Lipinski definition) is 1. The van der Waals surface area contributed by atoms with E-state index < -0.39 is 5.97 Å². The average molecular weight is 408 g/mol. The molecule has 2 amide bonds. The minimum atomic E-state index is -1.05. The van der Waals surface area contributed by atoms with Gasteiger partial charge >= 0.3 is 5.97 Å². The molecule has 31 heavy (non-hydrogen) atoms. The lowest BCUT2D eigenvalue weighted by Gasteiger charge is -2.15. The predicted octanol–water partition coefficient (Wildman–Crippen LogP) is 4.71. The first-order chi connectivity index (χ1) is 14.9. The zero-order valence-corrected chi connectivity index (χ0v) is 16.5. The van der Waals surface area contributed by atoms with E-state index in [4.69, 9.17) is 0 Å². The van der Waals surface area contributed by atoms with Crippen molar-refractivity contribution in [1.82, 2.24) is 4.98 Å². The van der Waals surface area contributed by atoms with E-state index in [1.165, 1.54) is 6.07 Å². The van der Waals surface area contributed by atoms with Crippen LogP contribution in [0.4, 0.5) is 5.69 Å². The third-order valence-corrected chi connectivity index (χ3v) is 5.39. The van der Waals surface area contributed by atoms with Crippen LogP contribution >= 0.6 is 0 Å². The number of nitrogens with zero attached hydrogens (tertiary/aromatic N) is 2. The van der Waals surface area contributed by atoms with Gasteiger partial charge in [-0.2, -0.15) is 0 Å². The number of fused-ring (bicyclic) bond motifs is 2. The number of aromatic carboxylic acids is 1. The summed E-state index contributed by atoms with van der Waals surface area (Å²) in [6.45, 7) is 1.89. The zero-order chi connectivity index (χ0) is 21.7. The van der Waals surface area contributed by atoms with Crippen molar-refractivity contribution in [3.05, 3.63) is 95.1 Å². The second kappa shape index (κ2) is 6.88. The van der Waals surface area contributed by atoms with Gasteiger partial charge in [-0.05, 0) is 49.4 Å². The first kappa shape index (κ1) is 18.7. The second-order valence-electron chi connectivity index (χ2n) is 7.42. The third kappa shape index (κ3) is 2.97. The summed E-state index contributed by atoms with van der Waals surface area (Å²) in [5, 5.41) is 10.3. The summed E-state index contributed by atoms with van der Waals surface area (Å²) in [5.74, 6) is -1.81. The van der Waals surface area contributed by atoms with Gasteiger partial charge in [0, 0.05) is 10.9 Å². The molecule has 0 saturated carbocycles. The molecule has 0 saturated heterocycles. The smallest absolute Gasteiger partial charge is 0.336 e. The molecule has 1 N–H and O–H groups in total. The van der Waals surface area contributed by atoms with Crippen LogP contribution in [0.1, 0.15) is 36.6 Å². The van der Waals surface area contributed by atoms with Crippen molar-refractivity contribution in [3.8, 4) is 11.3 Å². The minimum absolute atomic E-state index is 0.148. The Bertz CT molecular complexity index is 1390. The van der Waals surface area contributed by atoms with Gasteiger partial charge in [0.15, 0.2) is 0 Å². The molecule has 1 aliphatic rings. The van der Waals surface area contributed by atoms with Gasteiger partial charge in [0.25, 0.3) is 11.8 Å². The Morgan fingerprint density at radius 1 is 0.871 bits per heavy atom. The molecule has 0 spiro atoms. The van der Waals surface area contributed by atoms with Crippen molar-refractivity contribution < 1.29 is 19.5 Å². The van der Waals surface area contributed by atoms with Gasteiger partial charge in [0.2, 0.25) is 0 Å². The normalized spacial score (nSPS) is 13.0. The first-order valence-corrected chi connectivity index (χ1v) is 9.67. The summed E-state index contributed by atoms with van der Waals surface area (Å²) in [6, 6.07) is 20.5. The van der Waals surface area contributed by atoms with Crippen molar-refractivity contribution in [3.63, 3.8) is 0 Å². The Kier molecular flexibility index (Phi) is 4.15. The van der Waals surface area contributed by atoms with E-state index in [1.54, 1.807) is 60.7 Å². The van der Waals surface area contributed by atoms with Crippen LogP contribution in [-0.4, -0.2) is 27.9 Å². The van der Waals surface area contributed by atoms with Gasteiger partial charge in [-0.25, -0.2) is 14.7 Å². The number of benzene rings is 3. The number of pyridine rings is 1. The number of aryl methyl sites for hydroxylation is 1. The van der Waals surface area contributed by atoms with Crippen LogP contribution in [0.5, 0.6) is 0 Å². The fraction of sp³-hybridized carbons (Fsp3) is 0.0400. The molecule has 0 fully saturated rings. The van der Waals surface area contributed by atoms with E-state index in [0.717, 1.165) is 10.5 Å². The van der Waals surface area contributed by atoms with Crippen LogP contribution in [0.2, 0.25) is 0 Å². The van der Waals surface area contributed by atoms with Crippen molar-refractivity contribution >= 4 is 34.4 Å². The van der Waals surface area contributed by atoms with Gasteiger partial charge < -0.3 is 5.11 Å². The molecule has 0 radical (unpaired) electrons. The Labute approximate surface area is 177 Å². The summed E-state index contributed by atoms with van der Waals surface area (Å²) in [4.78, 5) is 43.3. The second-order valence-corrected chi connectivity index (χ2v) is 7.42. The molecular formula is C25H16N2O4. The van der Waals surface area contributed by atoms with E-state index >= 15 is 0 Å². The molecular weight excluding hydrogens is 392 g/mol. The van der Waals surface area contributed by atoms with E-state index in [-0.39, 0.29) is 17.4 Å². The minimum Gasteiger partial charge on any atom is -0.478 e. The van der Waals surface area contributed by atoms with Gasteiger partial charge in [-0.3, -0.25) is 9.59 Å². The fourth-order valence-electron chi connectivity index (χ4n) is 3.89. The summed E-state index contributed by atoms with van der Waals surface area (Å²) in [7, 11) is 0. The number of carboxylic acids is 1. The van der Waals surface area contributed by atoms with Gasteiger partial charge in [0.05, 0.1) is 33.6 Å². The lowest BCUT2D eigenvalue weighted by Crippen LogP contribution is -2.29. The largest absolute Gasteiger partial charge is 0.478 e. The SMILES string of the molecule is Cc1ccc2nc(-c3cccc(N4C(=O)c5ccccc5C4=O)c3)cc(C(=O)O)c2c1. The number of carbonyl (C=O) groups is 3. The van der Waals surface area contributed by atoms with Crippen LogP contribution in [0.3, 0.4) is 0 Å². The Hall–Kier alpha value is -4.32. The van der Waals surface area contributed by atoms with Crippen LogP contribution in [0.25, 0.3) is 22.2 Å². The lowest BCUT2D eigenvalue weighted by molar-refractivity contribution is 0.0698. The Morgan fingerprint density at radius 2 is 1.58 bits per heavy atom. The number of carbonyl (C=O) groups excluding carboxylic acids is 2. The molecule has 150 valence electrons. The molecule has 1 aromatic heterocycles. The fourth-order valence-corrected chi connectivity index (χ4v) is 3.89. The quantitative estimate of drug-likeness (QED) is 0.496. The van der Waals surface area contributed by atoms with E-state index in [9.17, 15) is 19.5 Å². The molecule has 0 unspecified atom stereocenters. The zero-order valence-electron chi connectivity index (χ0n) is 16.5. The highest BCUT2D eigenvalue weighted by atomic mass is 16.4. The van der Waals surface area contributed by atoms with Crippen LogP contribution < -0.4 is 4.90 Å². The molecule has 6 nitrogen and oxygen atoms in total. The van der Waals surface area contributed by atoms with Crippen molar-refractivity contribution in [2.75, 3.05) is 4.90 Å². The summed E-state index contributed by atoms with van der Waals surface area (Å²) >= 11 is 0. The maximum atomic E-state index is 12.8. The standard InChI is InChI=1S/C25H16N2O4/c1-14-9-10-21-19(11-14)20(25(30)31)13-22(26-21)15-5-4-6-16(12-15)27-23(28)17-7-2-3-8-18(17)24(27)29/h2-13H,1H3,(H,30,31). The number of amides is 2. The molecule has 1 aliphatic heterocycles. The highest BCUT2D eigenvalue weighted by molar-refractivity contribution is 6.34. The number of aromatic nitrogens is 1. The maximum Gasteiger partial charge on any atom is 0.336 e. The van der Waals surface area contributed by atoms with Gasteiger partial charge in [0.1, 0.15) is 0 Å². The van der Waals surface area contributed by atoms with E-state index in [0.29, 0.717) is 39.0 Å². The van der Waals surface area contributed by atoms with Crippen molar-refractivity contribution in [2.45, 2.75) is 6.92 Å². The molecule has 6 heteroatoms. The lowest BCUT2D eigenvalue weighted by atomic mass is 10.0. The van der Waals surface area contributed by atoms with Gasteiger partial charge in [-0.15, -0.1) is 0 Å². The summed E-state index contributed by atoms with van der Waals surface area (Å²) in [6.07, 6.45) is 0.